The fourth-order valence-corrected chi connectivity index (χ4v) is 2.53. The Morgan fingerprint density at radius 3 is 2.39 bits per heavy atom. The Morgan fingerprint density at radius 2 is 1.89 bits per heavy atom. The molecule has 0 bridgehead atoms. The summed E-state index contributed by atoms with van der Waals surface area (Å²) in [5.74, 6) is -0.439. The second kappa shape index (κ2) is 7.24. The third kappa shape index (κ3) is 4.55. The van der Waals surface area contributed by atoms with Crippen LogP contribution in [0.1, 0.15) is 52.4 Å². The molecule has 1 fully saturated rings. The Hall–Kier alpha value is -1.26. The Morgan fingerprint density at radius 1 is 1.28 bits per heavy atom. The van der Waals surface area contributed by atoms with Crippen molar-refractivity contribution >= 4 is 12.0 Å². The second-order valence-corrected chi connectivity index (χ2v) is 5.13. The lowest BCUT2D eigenvalue weighted by Crippen LogP contribution is -2.49. The molecule has 0 heterocycles. The molecule has 0 saturated heterocycles. The summed E-state index contributed by atoms with van der Waals surface area (Å²) in [5, 5.41) is 14.3. The first-order valence-electron chi connectivity index (χ1n) is 6.84. The van der Waals surface area contributed by atoms with Crippen LogP contribution in [0.25, 0.3) is 0 Å². The zero-order valence-corrected chi connectivity index (χ0v) is 11.2. The molecule has 5 nitrogen and oxygen atoms in total. The van der Waals surface area contributed by atoms with Gasteiger partial charge in [0.15, 0.2) is 0 Å². The van der Waals surface area contributed by atoms with Crippen molar-refractivity contribution in [2.24, 2.45) is 5.92 Å². The summed E-state index contributed by atoms with van der Waals surface area (Å²) >= 11 is 0. The topological polar surface area (TPSA) is 78.4 Å². The summed E-state index contributed by atoms with van der Waals surface area (Å²) in [5.41, 5.74) is 0. The van der Waals surface area contributed by atoms with Gasteiger partial charge in [-0.1, -0.05) is 26.2 Å². The Labute approximate surface area is 108 Å². The highest BCUT2D eigenvalue weighted by atomic mass is 16.4. The predicted octanol–water partition coefficient (Wildman–Crippen LogP) is 2.12. The van der Waals surface area contributed by atoms with Crippen LogP contribution in [0.3, 0.4) is 0 Å². The first-order valence-corrected chi connectivity index (χ1v) is 6.84. The number of rotatable bonds is 6. The largest absolute Gasteiger partial charge is 0.480 e. The number of hydrogen-bond acceptors (Lipinski definition) is 2. The first-order chi connectivity index (χ1) is 8.54. The Balaban J connectivity index is 2.36. The predicted molar refractivity (Wildman–Crippen MR) is 69.4 cm³/mol. The van der Waals surface area contributed by atoms with Gasteiger partial charge in [0.2, 0.25) is 0 Å². The number of urea groups is 1. The van der Waals surface area contributed by atoms with Crippen molar-refractivity contribution in [3.63, 3.8) is 0 Å². The molecule has 5 heteroatoms. The zero-order chi connectivity index (χ0) is 13.5. The molecule has 0 radical (unpaired) electrons. The third-order valence-electron chi connectivity index (χ3n) is 3.65. The van der Waals surface area contributed by atoms with Crippen LogP contribution < -0.4 is 10.6 Å². The summed E-state index contributed by atoms with van der Waals surface area (Å²) < 4.78 is 0. The van der Waals surface area contributed by atoms with Gasteiger partial charge in [-0.15, -0.1) is 0 Å². The molecule has 2 amide bonds. The van der Waals surface area contributed by atoms with E-state index in [0.29, 0.717) is 12.3 Å². The van der Waals surface area contributed by atoms with Gasteiger partial charge >= 0.3 is 12.0 Å². The SMILES string of the molecule is CCC[C@H](NC(=O)NC(C)C1CCCC1)C(=O)O. The van der Waals surface area contributed by atoms with Gasteiger partial charge in [0.25, 0.3) is 0 Å². The molecule has 1 aliphatic carbocycles. The highest BCUT2D eigenvalue weighted by Crippen LogP contribution is 2.27. The number of nitrogens with one attached hydrogen (secondary N) is 2. The van der Waals surface area contributed by atoms with E-state index in [-0.39, 0.29) is 12.1 Å². The fourth-order valence-electron chi connectivity index (χ4n) is 2.53. The summed E-state index contributed by atoms with van der Waals surface area (Å²) in [6.45, 7) is 3.89. The van der Waals surface area contributed by atoms with E-state index in [2.05, 4.69) is 10.6 Å². The van der Waals surface area contributed by atoms with E-state index >= 15 is 0 Å². The maximum atomic E-state index is 11.7. The van der Waals surface area contributed by atoms with Crippen LogP contribution in [-0.2, 0) is 4.79 Å². The Bertz CT molecular complexity index is 288. The molecule has 0 spiro atoms. The lowest BCUT2D eigenvalue weighted by Gasteiger charge is -2.22. The number of amides is 2. The quantitative estimate of drug-likeness (QED) is 0.681. The molecule has 1 saturated carbocycles. The van der Waals surface area contributed by atoms with Gasteiger partial charge < -0.3 is 15.7 Å². The third-order valence-corrected chi connectivity index (χ3v) is 3.65. The summed E-state index contributed by atoms with van der Waals surface area (Å²) in [4.78, 5) is 22.6. The zero-order valence-electron chi connectivity index (χ0n) is 11.2. The molecular weight excluding hydrogens is 232 g/mol. The standard InChI is InChI=1S/C13H24N2O3/c1-3-6-11(12(16)17)15-13(18)14-9(2)10-7-4-5-8-10/h9-11H,3-8H2,1-2H3,(H,16,17)(H2,14,15,18)/t9?,11-/m0/s1. The molecule has 0 aromatic carbocycles. The van der Waals surface area contributed by atoms with Gasteiger partial charge in [0, 0.05) is 6.04 Å². The van der Waals surface area contributed by atoms with Crippen molar-refractivity contribution in [2.45, 2.75) is 64.5 Å². The van der Waals surface area contributed by atoms with Crippen molar-refractivity contribution in [3.05, 3.63) is 0 Å². The highest BCUT2D eigenvalue weighted by molar-refractivity contribution is 5.82. The van der Waals surface area contributed by atoms with Crippen molar-refractivity contribution in [2.75, 3.05) is 0 Å². The number of hydrogen-bond donors (Lipinski definition) is 3. The minimum absolute atomic E-state index is 0.114. The van der Waals surface area contributed by atoms with Crippen LogP contribution in [0.15, 0.2) is 0 Å². The van der Waals surface area contributed by atoms with Crippen molar-refractivity contribution < 1.29 is 14.7 Å². The molecule has 18 heavy (non-hydrogen) atoms. The lowest BCUT2D eigenvalue weighted by molar-refractivity contribution is -0.139. The normalized spacial score (nSPS) is 19.2. The van der Waals surface area contributed by atoms with Crippen LogP contribution in [0.2, 0.25) is 0 Å². The minimum atomic E-state index is -0.972. The van der Waals surface area contributed by atoms with E-state index in [4.69, 9.17) is 5.11 Å². The molecule has 0 aromatic rings. The molecule has 104 valence electrons. The highest BCUT2D eigenvalue weighted by Gasteiger charge is 2.24. The molecule has 3 N–H and O–H groups in total. The summed E-state index contributed by atoms with van der Waals surface area (Å²) in [6, 6.07) is -1.04. The number of carboxylic acids is 1. The lowest BCUT2D eigenvalue weighted by atomic mass is 10.0. The number of carbonyl (C=O) groups is 2. The molecule has 1 unspecified atom stereocenters. The van der Waals surface area contributed by atoms with E-state index in [0.717, 1.165) is 19.3 Å². The number of carboxylic acid groups (broad SMARTS) is 1. The number of carbonyl (C=O) groups excluding carboxylic acids is 1. The van der Waals surface area contributed by atoms with Crippen LogP contribution in [0.4, 0.5) is 4.79 Å². The van der Waals surface area contributed by atoms with Crippen molar-refractivity contribution in [1.82, 2.24) is 10.6 Å². The van der Waals surface area contributed by atoms with E-state index in [1.807, 2.05) is 13.8 Å². The Kier molecular flexibility index (Phi) is 5.95. The molecule has 0 aliphatic heterocycles. The van der Waals surface area contributed by atoms with E-state index in [1.54, 1.807) is 0 Å². The van der Waals surface area contributed by atoms with Crippen LogP contribution >= 0.6 is 0 Å². The van der Waals surface area contributed by atoms with Crippen molar-refractivity contribution in [3.8, 4) is 0 Å². The van der Waals surface area contributed by atoms with Crippen LogP contribution in [0.5, 0.6) is 0 Å². The average Bonchev–Trinajstić information content (AvgIpc) is 2.81. The minimum Gasteiger partial charge on any atom is -0.480 e. The summed E-state index contributed by atoms with van der Waals surface area (Å²) in [7, 11) is 0. The van der Waals surface area contributed by atoms with Crippen molar-refractivity contribution in [1.29, 1.82) is 0 Å². The van der Waals surface area contributed by atoms with Crippen LogP contribution in [0, 0.1) is 5.92 Å². The van der Waals surface area contributed by atoms with Crippen LogP contribution in [-0.4, -0.2) is 29.2 Å². The first kappa shape index (κ1) is 14.8. The molecular formula is C13H24N2O3. The molecule has 0 aromatic heterocycles. The van der Waals surface area contributed by atoms with Gasteiger partial charge in [-0.2, -0.15) is 0 Å². The van der Waals surface area contributed by atoms with Gasteiger partial charge in [0.05, 0.1) is 0 Å². The molecule has 1 aliphatic rings. The fraction of sp³-hybridized carbons (Fsp3) is 0.846. The van der Waals surface area contributed by atoms with Gasteiger partial charge in [0.1, 0.15) is 6.04 Å². The smallest absolute Gasteiger partial charge is 0.326 e. The average molecular weight is 256 g/mol. The number of aliphatic carboxylic acids is 1. The van der Waals surface area contributed by atoms with E-state index in [1.165, 1.54) is 12.8 Å². The van der Waals surface area contributed by atoms with Gasteiger partial charge in [-0.25, -0.2) is 9.59 Å². The molecule has 1 rings (SSSR count). The van der Waals surface area contributed by atoms with E-state index in [9.17, 15) is 9.59 Å². The summed E-state index contributed by atoms with van der Waals surface area (Å²) in [6.07, 6.45) is 5.95. The maximum Gasteiger partial charge on any atom is 0.326 e. The van der Waals surface area contributed by atoms with E-state index < -0.39 is 12.0 Å². The maximum absolute atomic E-state index is 11.7. The second-order valence-electron chi connectivity index (χ2n) is 5.13. The monoisotopic (exact) mass is 256 g/mol. The molecule has 2 atom stereocenters. The van der Waals surface area contributed by atoms with Gasteiger partial charge in [-0.05, 0) is 32.1 Å². The van der Waals surface area contributed by atoms with Gasteiger partial charge in [-0.3, -0.25) is 0 Å².